The van der Waals surface area contributed by atoms with Gasteiger partial charge in [0.15, 0.2) is 17.5 Å². The summed E-state index contributed by atoms with van der Waals surface area (Å²) in [6.07, 6.45) is 0. The van der Waals surface area contributed by atoms with E-state index in [1.54, 1.807) is 0 Å². The number of rotatable bonds is 1. The van der Waals surface area contributed by atoms with E-state index >= 15 is 0 Å². The lowest BCUT2D eigenvalue weighted by Gasteiger charge is -2.05. The van der Waals surface area contributed by atoms with Crippen molar-refractivity contribution < 1.29 is 23.1 Å². The van der Waals surface area contributed by atoms with Gasteiger partial charge in [0.05, 0.1) is 5.02 Å². The van der Waals surface area contributed by atoms with Gasteiger partial charge in [0, 0.05) is 0 Å². The Bertz CT molecular complexity index is 391. The highest BCUT2D eigenvalue weighted by atomic mass is 35.5. The summed E-state index contributed by atoms with van der Waals surface area (Å²) in [6.45, 7) is 0. The number of hydrogen-bond acceptors (Lipinski definition) is 1. The quantitative estimate of drug-likeness (QED) is 0.609. The van der Waals surface area contributed by atoms with Crippen LogP contribution in [0, 0.1) is 17.5 Å². The Balaban J connectivity index is 3.68. The first-order valence-electron chi connectivity index (χ1n) is 3.12. The normalized spacial score (nSPS) is 10.4. The first kappa shape index (κ1) is 11.1. The zero-order chi connectivity index (χ0) is 11.0. The molecule has 76 valence electrons. The van der Waals surface area contributed by atoms with Crippen LogP contribution >= 0.6 is 23.2 Å². The Kier molecular flexibility index (Phi) is 2.92. The molecule has 14 heavy (non-hydrogen) atoms. The topological polar surface area (TPSA) is 37.3 Å². The molecule has 0 heterocycles. The Morgan fingerprint density at radius 2 is 1.43 bits per heavy atom. The monoisotopic (exact) mass is 244 g/mol. The van der Waals surface area contributed by atoms with Gasteiger partial charge >= 0.3 is 5.97 Å². The summed E-state index contributed by atoms with van der Waals surface area (Å²) in [5, 5.41) is 6.40. The van der Waals surface area contributed by atoms with Crippen LogP contribution in [0.2, 0.25) is 10.0 Å². The van der Waals surface area contributed by atoms with Crippen molar-refractivity contribution in [2.45, 2.75) is 0 Å². The molecule has 7 heteroatoms. The van der Waals surface area contributed by atoms with Crippen LogP contribution < -0.4 is 0 Å². The molecule has 0 saturated heterocycles. The lowest BCUT2D eigenvalue weighted by atomic mass is 10.2. The van der Waals surface area contributed by atoms with Gasteiger partial charge in [0.2, 0.25) is 0 Å². The van der Waals surface area contributed by atoms with Gasteiger partial charge in [-0.15, -0.1) is 0 Å². The Labute approximate surface area is 85.9 Å². The van der Waals surface area contributed by atoms with E-state index in [-0.39, 0.29) is 0 Å². The van der Waals surface area contributed by atoms with E-state index in [1.165, 1.54) is 0 Å². The van der Waals surface area contributed by atoms with Crippen LogP contribution in [0.3, 0.4) is 0 Å². The fourth-order valence-corrected chi connectivity index (χ4v) is 1.14. The number of benzene rings is 1. The fourth-order valence-electron chi connectivity index (χ4n) is 0.793. The van der Waals surface area contributed by atoms with Gasteiger partial charge in [-0.3, -0.25) is 0 Å². The number of halogens is 5. The Hall–Kier alpha value is -0.940. The minimum Gasteiger partial charge on any atom is -0.477 e. The molecule has 0 bridgehead atoms. The van der Waals surface area contributed by atoms with Crippen molar-refractivity contribution in [3.8, 4) is 0 Å². The molecule has 0 fully saturated rings. The number of aromatic carboxylic acids is 1. The molecular formula is C7HCl2F3O2. The van der Waals surface area contributed by atoms with Crippen LogP contribution in [0.4, 0.5) is 13.2 Å². The summed E-state index contributed by atoms with van der Waals surface area (Å²) in [7, 11) is 0. The van der Waals surface area contributed by atoms with Crippen molar-refractivity contribution in [2.75, 3.05) is 0 Å². The van der Waals surface area contributed by atoms with Crippen LogP contribution in [0.25, 0.3) is 0 Å². The smallest absolute Gasteiger partial charge is 0.341 e. The van der Waals surface area contributed by atoms with Gasteiger partial charge in [-0.2, -0.15) is 0 Å². The number of carboxylic acids is 1. The van der Waals surface area contributed by atoms with Crippen molar-refractivity contribution in [3.63, 3.8) is 0 Å². The van der Waals surface area contributed by atoms with E-state index in [1.807, 2.05) is 0 Å². The van der Waals surface area contributed by atoms with Crippen LogP contribution in [0.5, 0.6) is 0 Å². The third-order valence-electron chi connectivity index (χ3n) is 1.42. The van der Waals surface area contributed by atoms with Crippen LogP contribution in [-0.4, -0.2) is 11.1 Å². The Morgan fingerprint density at radius 1 is 1.00 bits per heavy atom. The van der Waals surface area contributed by atoms with Crippen LogP contribution in [0.1, 0.15) is 10.4 Å². The van der Waals surface area contributed by atoms with E-state index < -0.39 is 39.0 Å². The van der Waals surface area contributed by atoms with Gasteiger partial charge in [-0.25, -0.2) is 18.0 Å². The Morgan fingerprint density at radius 3 is 1.86 bits per heavy atom. The highest BCUT2D eigenvalue weighted by molar-refractivity contribution is 6.42. The fraction of sp³-hybridized carbons (Fsp3) is 0. The second-order valence-corrected chi connectivity index (χ2v) is 3.01. The molecule has 1 N–H and O–H groups in total. The maximum atomic E-state index is 13.0. The second kappa shape index (κ2) is 3.67. The molecule has 0 unspecified atom stereocenters. The largest absolute Gasteiger partial charge is 0.477 e. The van der Waals surface area contributed by atoms with Crippen LogP contribution in [0.15, 0.2) is 0 Å². The van der Waals surface area contributed by atoms with Crippen LogP contribution in [-0.2, 0) is 0 Å². The standard InChI is InChI=1S/C7HCl2F3O2/c8-2-3(9)6(12)5(11)1(4(2)10)7(13)14/h(H,13,14). The third-order valence-corrected chi connectivity index (χ3v) is 2.23. The highest BCUT2D eigenvalue weighted by Crippen LogP contribution is 2.32. The molecule has 0 aliphatic heterocycles. The van der Waals surface area contributed by atoms with Crippen molar-refractivity contribution in [3.05, 3.63) is 33.1 Å². The minimum absolute atomic E-state index is 0.956. The van der Waals surface area contributed by atoms with E-state index in [4.69, 9.17) is 28.3 Å². The molecule has 0 aliphatic rings. The third kappa shape index (κ3) is 1.53. The van der Waals surface area contributed by atoms with Gasteiger partial charge in [0.25, 0.3) is 0 Å². The summed E-state index contributed by atoms with van der Waals surface area (Å²) in [5.41, 5.74) is -1.46. The SMILES string of the molecule is O=C(O)c1c(F)c(F)c(Cl)c(Cl)c1F. The van der Waals surface area contributed by atoms with Gasteiger partial charge in [-0.1, -0.05) is 23.2 Å². The molecule has 2 nitrogen and oxygen atoms in total. The van der Waals surface area contributed by atoms with Crippen molar-refractivity contribution in [1.82, 2.24) is 0 Å². The number of carboxylic acid groups (broad SMARTS) is 1. The molecule has 0 radical (unpaired) electrons. The van der Waals surface area contributed by atoms with Crippen molar-refractivity contribution in [2.24, 2.45) is 0 Å². The molecule has 1 aromatic rings. The average Bonchev–Trinajstić information content (AvgIpc) is 2.11. The van der Waals surface area contributed by atoms with Gasteiger partial charge in [0.1, 0.15) is 10.6 Å². The van der Waals surface area contributed by atoms with E-state index in [0.717, 1.165) is 0 Å². The van der Waals surface area contributed by atoms with E-state index in [2.05, 4.69) is 0 Å². The number of carbonyl (C=O) groups is 1. The second-order valence-electron chi connectivity index (χ2n) is 2.25. The molecule has 1 rings (SSSR count). The molecule has 0 aromatic heterocycles. The summed E-state index contributed by atoms with van der Waals surface area (Å²) < 4.78 is 38.5. The summed E-state index contributed by atoms with van der Waals surface area (Å²) >= 11 is 10.2. The maximum Gasteiger partial charge on any atom is 0.341 e. The molecule has 0 atom stereocenters. The van der Waals surface area contributed by atoms with E-state index in [0.29, 0.717) is 0 Å². The summed E-state index contributed by atoms with van der Waals surface area (Å²) in [4.78, 5) is 10.3. The molecular weight excluding hydrogens is 244 g/mol. The molecule has 1 aromatic carbocycles. The predicted molar refractivity (Wildman–Crippen MR) is 43.3 cm³/mol. The molecule has 0 amide bonds. The maximum absolute atomic E-state index is 13.0. The van der Waals surface area contributed by atoms with Gasteiger partial charge < -0.3 is 5.11 Å². The van der Waals surface area contributed by atoms with Gasteiger partial charge in [-0.05, 0) is 0 Å². The molecule has 0 aliphatic carbocycles. The molecule has 0 spiro atoms. The van der Waals surface area contributed by atoms with Crippen molar-refractivity contribution in [1.29, 1.82) is 0 Å². The van der Waals surface area contributed by atoms with Crippen molar-refractivity contribution >= 4 is 29.2 Å². The molecule has 0 saturated carbocycles. The lowest BCUT2D eigenvalue weighted by molar-refractivity contribution is 0.0685. The van der Waals surface area contributed by atoms with E-state index in [9.17, 15) is 18.0 Å². The lowest BCUT2D eigenvalue weighted by Crippen LogP contribution is -2.08. The summed E-state index contributed by atoms with van der Waals surface area (Å²) in [6, 6.07) is 0. The predicted octanol–water partition coefficient (Wildman–Crippen LogP) is 3.11. The number of hydrogen-bond donors (Lipinski definition) is 1. The first-order valence-corrected chi connectivity index (χ1v) is 3.88. The average molecular weight is 245 g/mol. The zero-order valence-corrected chi connectivity index (χ0v) is 7.76. The summed E-state index contributed by atoms with van der Waals surface area (Å²) in [5.74, 6) is -7.11. The minimum atomic E-state index is -1.96. The first-order chi connectivity index (χ1) is 6.37. The zero-order valence-electron chi connectivity index (χ0n) is 6.25. The highest BCUT2D eigenvalue weighted by Gasteiger charge is 2.27.